The standard InChI is InChI=1S/C22H20BrNO4S/c1-4-8-28-20-17(23)10-16(11-18(20)27-3)12-19-21(25)24(22(26)29-19)13-15-7-5-6-14(2)9-15/h4-7,9-12H,1,8,13H2,2-3H3/b19-12-. The van der Waals surface area contributed by atoms with Gasteiger partial charge in [0.05, 0.1) is 23.0 Å². The van der Waals surface area contributed by atoms with E-state index in [4.69, 9.17) is 9.47 Å². The van der Waals surface area contributed by atoms with Crippen LogP contribution in [0.25, 0.3) is 6.08 Å². The van der Waals surface area contributed by atoms with Gasteiger partial charge in [0.25, 0.3) is 11.1 Å². The van der Waals surface area contributed by atoms with Crippen molar-refractivity contribution in [2.45, 2.75) is 13.5 Å². The summed E-state index contributed by atoms with van der Waals surface area (Å²) in [5.74, 6) is 0.771. The number of carbonyl (C=O) groups is 2. The smallest absolute Gasteiger partial charge is 0.293 e. The Morgan fingerprint density at radius 1 is 1.24 bits per heavy atom. The van der Waals surface area contributed by atoms with Gasteiger partial charge < -0.3 is 9.47 Å². The summed E-state index contributed by atoms with van der Waals surface area (Å²) in [6, 6.07) is 11.3. The summed E-state index contributed by atoms with van der Waals surface area (Å²) in [6.07, 6.45) is 3.33. The molecule has 0 N–H and O–H groups in total. The van der Waals surface area contributed by atoms with Crippen LogP contribution in [0, 0.1) is 6.92 Å². The first-order chi connectivity index (χ1) is 13.9. The lowest BCUT2D eigenvalue weighted by atomic mass is 10.1. The quantitative estimate of drug-likeness (QED) is 0.388. The van der Waals surface area contributed by atoms with Crippen molar-refractivity contribution in [1.82, 2.24) is 4.90 Å². The monoisotopic (exact) mass is 473 g/mol. The molecular formula is C22H20BrNO4S. The van der Waals surface area contributed by atoms with Crippen LogP contribution >= 0.6 is 27.7 Å². The number of imide groups is 1. The van der Waals surface area contributed by atoms with Gasteiger partial charge in [-0.1, -0.05) is 42.5 Å². The number of carbonyl (C=O) groups excluding carboxylic acids is 2. The van der Waals surface area contributed by atoms with E-state index in [1.165, 1.54) is 4.90 Å². The molecule has 0 spiro atoms. The van der Waals surface area contributed by atoms with Crippen LogP contribution in [0.15, 0.2) is 58.4 Å². The molecule has 0 unspecified atom stereocenters. The van der Waals surface area contributed by atoms with Crippen molar-refractivity contribution < 1.29 is 19.1 Å². The minimum atomic E-state index is -0.302. The highest BCUT2D eigenvalue weighted by Gasteiger charge is 2.35. The maximum atomic E-state index is 12.8. The molecule has 1 aliphatic rings. The number of ether oxygens (including phenoxy) is 2. The first-order valence-corrected chi connectivity index (χ1v) is 10.5. The molecule has 2 amide bonds. The van der Waals surface area contributed by atoms with E-state index < -0.39 is 0 Å². The second-order valence-electron chi connectivity index (χ2n) is 6.39. The lowest BCUT2D eigenvalue weighted by Crippen LogP contribution is -2.27. The third kappa shape index (κ3) is 4.92. The summed E-state index contributed by atoms with van der Waals surface area (Å²) in [6.45, 7) is 6.21. The van der Waals surface area contributed by atoms with Gasteiger partial charge >= 0.3 is 0 Å². The molecule has 0 atom stereocenters. The van der Waals surface area contributed by atoms with Crippen LogP contribution in [0.2, 0.25) is 0 Å². The van der Waals surface area contributed by atoms with Gasteiger partial charge in [-0.25, -0.2) is 0 Å². The molecule has 150 valence electrons. The van der Waals surface area contributed by atoms with E-state index >= 15 is 0 Å². The maximum Gasteiger partial charge on any atom is 0.293 e. The number of amides is 2. The van der Waals surface area contributed by atoms with Crippen LogP contribution in [0.1, 0.15) is 16.7 Å². The Hall–Kier alpha value is -2.51. The Morgan fingerprint density at radius 3 is 2.72 bits per heavy atom. The Kier molecular flexibility index (Phi) is 6.82. The fourth-order valence-electron chi connectivity index (χ4n) is 2.89. The summed E-state index contributed by atoms with van der Waals surface area (Å²) in [5.41, 5.74) is 2.73. The molecule has 1 saturated heterocycles. The molecule has 0 saturated carbocycles. The molecular weight excluding hydrogens is 454 g/mol. The van der Waals surface area contributed by atoms with E-state index in [1.54, 1.807) is 25.3 Å². The van der Waals surface area contributed by atoms with Crippen LogP contribution in [-0.2, 0) is 11.3 Å². The molecule has 1 heterocycles. The van der Waals surface area contributed by atoms with Crippen molar-refractivity contribution in [1.29, 1.82) is 0 Å². The minimum absolute atomic E-state index is 0.255. The normalized spacial score (nSPS) is 15.1. The summed E-state index contributed by atoms with van der Waals surface area (Å²) >= 11 is 4.41. The zero-order valence-corrected chi connectivity index (χ0v) is 18.5. The Balaban J connectivity index is 1.85. The average molecular weight is 474 g/mol. The Labute approximate surface area is 182 Å². The molecule has 7 heteroatoms. The SMILES string of the molecule is C=CCOc1c(Br)cc(/C=C2\SC(=O)N(Cc3cccc(C)c3)C2=O)cc1OC. The molecule has 0 radical (unpaired) electrons. The minimum Gasteiger partial charge on any atom is -0.493 e. The van der Waals surface area contributed by atoms with Gasteiger partial charge in [0.15, 0.2) is 11.5 Å². The molecule has 5 nitrogen and oxygen atoms in total. The number of hydrogen-bond donors (Lipinski definition) is 0. The molecule has 2 aromatic rings. The zero-order chi connectivity index (χ0) is 21.0. The van der Waals surface area contributed by atoms with E-state index in [1.807, 2.05) is 37.3 Å². The fraction of sp³-hybridized carbons (Fsp3) is 0.182. The summed E-state index contributed by atoms with van der Waals surface area (Å²) < 4.78 is 11.7. The summed E-state index contributed by atoms with van der Waals surface area (Å²) in [5, 5.41) is -0.278. The number of halogens is 1. The average Bonchev–Trinajstić information content (AvgIpc) is 2.94. The van der Waals surface area contributed by atoms with Crippen molar-refractivity contribution in [3.63, 3.8) is 0 Å². The van der Waals surface area contributed by atoms with Gasteiger partial charge in [0.2, 0.25) is 0 Å². The zero-order valence-electron chi connectivity index (χ0n) is 16.1. The van der Waals surface area contributed by atoms with Crippen molar-refractivity contribution in [2.24, 2.45) is 0 Å². The van der Waals surface area contributed by atoms with Gasteiger partial charge in [-0.3, -0.25) is 14.5 Å². The molecule has 0 aliphatic carbocycles. The summed E-state index contributed by atoms with van der Waals surface area (Å²) in [7, 11) is 1.54. The highest BCUT2D eigenvalue weighted by molar-refractivity contribution is 9.10. The van der Waals surface area contributed by atoms with Gasteiger partial charge in [-0.2, -0.15) is 0 Å². The number of thioether (sulfide) groups is 1. The largest absolute Gasteiger partial charge is 0.493 e. The Bertz CT molecular complexity index is 1000. The van der Waals surface area contributed by atoms with E-state index in [0.717, 1.165) is 28.5 Å². The molecule has 1 fully saturated rings. The molecule has 1 aliphatic heterocycles. The number of hydrogen-bond acceptors (Lipinski definition) is 5. The topological polar surface area (TPSA) is 55.8 Å². The van der Waals surface area contributed by atoms with Crippen LogP contribution in [0.5, 0.6) is 11.5 Å². The first-order valence-electron chi connectivity index (χ1n) is 8.85. The van der Waals surface area contributed by atoms with Crippen LogP contribution < -0.4 is 9.47 Å². The predicted octanol–water partition coefficient (Wildman–Crippen LogP) is 5.57. The number of rotatable bonds is 7. The molecule has 0 aromatic heterocycles. The number of aryl methyl sites for hydroxylation is 1. The third-order valence-electron chi connectivity index (χ3n) is 4.19. The first kappa shape index (κ1) is 21.2. The second-order valence-corrected chi connectivity index (χ2v) is 8.24. The lowest BCUT2D eigenvalue weighted by molar-refractivity contribution is -0.123. The molecule has 3 rings (SSSR count). The van der Waals surface area contributed by atoms with E-state index in [2.05, 4.69) is 22.5 Å². The molecule has 0 bridgehead atoms. The predicted molar refractivity (Wildman–Crippen MR) is 119 cm³/mol. The lowest BCUT2D eigenvalue weighted by Gasteiger charge is -2.13. The maximum absolute atomic E-state index is 12.8. The van der Waals surface area contributed by atoms with Gasteiger partial charge in [-0.15, -0.1) is 0 Å². The van der Waals surface area contributed by atoms with Crippen LogP contribution in [0.4, 0.5) is 4.79 Å². The van der Waals surface area contributed by atoms with Crippen LogP contribution in [-0.4, -0.2) is 29.8 Å². The second kappa shape index (κ2) is 9.33. The number of benzene rings is 2. The number of nitrogens with zero attached hydrogens (tertiary/aromatic N) is 1. The van der Waals surface area contributed by atoms with Gasteiger partial charge in [0.1, 0.15) is 6.61 Å². The summed E-state index contributed by atoms with van der Waals surface area (Å²) in [4.78, 5) is 26.8. The molecule has 29 heavy (non-hydrogen) atoms. The molecule has 2 aromatic carbocycles. The van der Waals surface area contributed by atoms with Crippen molar-refractivity contribution in [3.8, 4) is 11.5 Å². The van der Waals surface area contributed by atoms with E-state index in [9.17, 15) is 9.59 Å². The van der Waals surface area contributed by atoms with E-state index in [-0.39, 0.29) is 17.7 Å². The van der Waals surface area contributed by atoms with E-state index in [0.29, 0.717) is 27.5 Å². The van der Waals surface area contributed by atoms with Crippen LogP contribution in [0.3, 0.4) is 0 Å². The van der Waals surface area contributed by atoms with Crippen molar-refractivity contribution in [2.75, 3.05) is 13.7 Å². The van der Waals surface area contributed by atoms with Crippen molar-refractivity contribution >= 4 is 44.9 Å². The Morgan fingerprint density at radius 2 is 2.03 bits per heavy atom. The number of methoxy groups -OCH3 is 1. The highest BCUT2D eigenvalue weighted by atomic mass is 79.9. The van der Waals surface area contributed by atoms with Gasteiger partial charge in [-0.05, 0) is 64.0 Å². The third-order valence-corrected chi connectivity index (χ3v) is 5.69. The van der Waals surface area contributed by atoms with Crippen molar-refractivity contribution in [3.05, 3.63) is 75.1 Å². The fourth-order valence-corrected chi connectivity index (χ4v) is 4.30. The van der Waals surface area contributed by atoms with Gasteiger partial charge in [0, 0.05) is 0 Å². The highest BCUT2D eigenvalue weighted by Crippen LogP contribution is 2.39.